The van der Waals surface area contributed by atoms with E-state index >= 15 is 0 Å². The van der Waals surface area contributed by atoms with Gasteiger partial charge in [0.15, 0.2) is 0 Å². The zero-order valence-electron chi connectivity index (χ0n) is 12.3. The Morgan fingerprint density at radius 1 is 1.33 bits per heavy atom. The molecule has 2 aliphatic heterocycles. The van der Waals surface area contributed by atoms with Crippen LogP contribution in [0.15, 0.2) is 0 Å². The van der Waals surface area contributed by atoms with Crippen molar-refractivity contribution < 1.29 is 9.53 Å². The van der Waals surface area contributed by atoms with Gasteiger partial charge in [-0.3, -0.25) is 9.69 Å². The molecule has 21 heavy (non-hydrogen) atoms. The first-order chi connectivity index (χ1) is 9.34. The fourth-order valence-corrected chi connectivity index (χ4v) is 3.35. The van der Waals surface area contributed by atoms with Crippen LogP contribution in [0.3, 0.4) is 0 Å². The molecule has 1 unspecified atom stereocenters. The molecule has 8 heteroatoms. The predicted octanol–water partition coefficient (Wildman–Crippen LogP) is 0.764. The molecule has 2 fully saturated rings. The van der Waals surface area contributed by atoms with Crippen molar-refractivity contribution in [2.75, 3.05) is 57.4 Å². The van der Waals surface area contributed by atoms with Crippen molar-refractivity contribution in [3.63, 3.8) is 0 Å². The zero-order chi connectivity index (χ0) is 13.3. The Labute approximate surface area is 144 Å². The second-order valence-electron chi connectivity index (χ2n) is 5.09. The van der Waals surface area contributed by atoms with Crippen molar-refractivity contribution >= 4 is 42.5 Å². The molecule has 5 nitrogen and oxygen atoms in total. The van der Waals surface area contributed by atoms with Gasteiger partial charge in [0.25, 0.3) is 0 Å². The minimum absolute atomic E-state index is 0. The fraction of sp³-hybridized carbons (Fsp3) is 0.923. The molecule has 0 saturated carbocycles. The van der Waals surface area contributed by atoms with E-state index < -0.39 is 0 Å². The first-order valence-corrected chi connectivity index (χ1v) is 8.38. The van der Waals surface area contributed by atoms with Crippen LogP contribution in [0, 0.1) is 0 Å². The van der Waals surface area contributed by atoms with Crippen LogP contribution in [0.4, 0.5) is 0 Å². The van der Waals surface area contributed by atoms with Gasteiger partial charge in [-0.2, -0.15) is 11.8 Å². The summed E-state index contributed by atoms with van der Waals surface area (Å²) < 4.78 is 5.31. The van der Waals surface area contributed by atoms with Crippen molar-refractivity contribution in [3.05, 3.63) is 0 Å². The summed E-state index contributed by atoms with van der Waals surface area (Å²) in [5, 5.41) is 6.41. The minimum atomic E-state index is 0. The normalized spacial score (nSPS) is 22.8. The van der Waals surface area contributed by atoms with Crippen LogP contribution < -0.4 is 10.6 Å². The summed E-state index contributed by atoms with van der Waals surface area (Å²) in [7, 11) is 0. The Morgan fingerprint density at radius 3 is 2.76 bits per heavy atom. The average molecular weight is 360 g/mol. The lowest BCUT2D eigenvalue weighted by molar-refractivity contribution is -0.121. The van der Waals surface area contributed by atoms with Gasteiger partial charge in [0.1, 0.15) is 0 Å². The molecule has 2 N–H and O–H groups in total. The highest BCUT2D eigenvalue weighted by molar-refractivity contribution is 7.99. The Kier molecular flexibility index (Phi) is 13.0. The summed E-state index contributed by atoms with van der Waals surface area (Å²) in [5.74, 6) is 2.40. The van der Waals surface area contributed by atoms with Crippen LogP contribution in [0.2, 0.25) is 0 Å². The van der Waals surface area contributed by atoms with Gasteiger partial charge < -0.3 is 15.4 Å². The number of nitrogens with one attached hydrogen (secondary N) is 2. The topological polar surface area (TPSA) is 53.6 Å². The van der Waals surface area contributed by atoms with Crippen molar-refractivity contribution in [1.29, 1.82) is 0 Å². The third kappa shape index (κ3) is 9.11. The van der Waals surface area contributed by atoms with Gasteiger partial charge in [-0.15, -0.1) is 24.8 Å². The number of hydrogen-bond acceptors (Lipinski definition) is 5. The Hall–Kier alpha value is 0.280. The minimum Gasteiger partial charge on any atom is -0.379 e. The largest absolute Gasteiger partial charge is 0.379 e. The van der Waals surface area contributed by atoms with Crippen LogP contribution >= 0.6 is 36.6 Å². The van der Waals surface area contributed by atoms with Gasteiger partial charge in [0.05, 0.1) is 13.2 Å². The third-order valence-electron chi connectivity index (χ3n) is 3.51. The first-order valence-electron chi connectivity index (χ1n) is 7.22. The summed E-state index contributed by atoms with van der Waals surface area (Å²) in [6.45, 7) is 6.61. The van der Waals surface area contributed by atoms with Crippen LogP contribution in [0.25, 0.3) is 0 Å². The monoisotopic (exact) mass is 359 g/mol. The molecular weight excluding hydrogens is 333 g/mol. The number of carbonyl (C=O) groups is 1. The zero-order valence-corrected chi connectivity index (χ0v) is 14.8. The summed E-state index contributed by atoms with van der Waals surface area (Å²) in [4.78, 5) is 14.2. The Balaban J connectivity index is 0.00000200. The first kappa shape index (κ1) is 21.3. The van der Waals surface area contributed by atoms with E-state index in [1.165, 1.54) is 0 Å². The van der Waals surface area contributed by atoms with Crippen LogP contribution in [-0.2, 0) is 9.53 Å². The van der Waals surface area contributed by atoms with E-state index in [-0.39, 0.29) is 30.7 Å². The van der Waals surface area contributed by atoms with E-state index in [1.54, 1.807) is 0 Å². The lowest BCUT2D eigenvalue weighted by Gasteiger charge is -2.26. The molecule has 0 aliphatic carbocycles. The molecule has 2 saturated heterocycles. The predicted molar refractivity (Wildman–Crippen MR) is 93.1 cm³/mol. The highest BCUT2D eigenvalue weighted by Crippen LogP contribution is 2.09. The molecular formula is C13H27Cl2N3O2S. The van der Waals surface area contributed by atoms with Gasteiger partial charge in [-0.05, 0) is 13.0 Å². The number of halogens is 2. The van der Waals surface area contributed by atoms with Gasteiger partial charge >= 0.3 is 0 Å². The summed E-state index contributed by atoms with van der Waals surface area (Å²) >= 11 is 1.93. The molecule has 126 valence electrons. The van der Waals surface area contributed by atoms with E-state index in [9.17, 15) is 4.79 Å². The molecule has 1 amide bonds. The molecule has 0 radical (unpaired) electrons. The highest BCUT2D eigenvalue weighted by Gasteiger charge is 2.16. The summed E-state index contributed by atoms with van der Waals surface area (Å²) in [6.07, 6.45) is 1.64. The Morgan fingerprint density at radius 2 is 2.10 bits per heavy atom. The number of amides is 1. The van der Waals surface area contributed by atoms with Crippen LogP contribution in [0.5, 0.6) is 0 Å². The standard InChI is InChI=1S/C13H25N3O2S.2ClH/c17-13(10-12-11-19-9-3-14-12)15-2-1-4-16-5-7-18-8-6-16;;/h12,14H,1-11H2,(H,15,17);2*1H. The smallest absolute Gasteiger partial charge is 0.221 e. The molecule has 1 atom stereocenters. The number of ether oxygens (including phenoxy) is 1. The second-order valence-corrected chi connectivity index (χ2v) is 6.24. The summed E-state index contributed by atoms with van der Waals surface area (Å²) in [6, 6.07) is 0.359. The molecule has 2 heterocycles. The number of rotatable bonds is 6. The highest BCUT2D eigenvalue weighted by atomic mass is 35.5. The maximum atomic E-state index is 11.8. The number of hydrogen-bond donors (Lipinski definition) is 2. The van der Waals surface area contributed by atoms with Gasteiger partial charge in [-0.25, -0.2) is 0 Å². The van der Waals surface area contributed by atoms with Crippen molar-refractivity contribution in [2.45, 2.75) is 18.9 Å². The van der Waals surface area contributed by atoms with E-state index in [2.05, 4.69) is 15.5 Å². The third-order valence-corrected chi connectivity index (χ3v) is 4.64. The quantitative estimate of drug-likeness (QED) is 0.685. The number of morpholine rings is 1. The van der Waals surface area contributed by atoms with Gasteiger partial charge in [-0.1, -0.05) is 0 Å². The molecule has 0 spiro atoms. The molecule has 2 aliphatic rings. The van der Waals surface area contributed by atoms with Crippen molar-refractivity contribution in [1.82, 2.24) is 15.5 Å². The maximum Gasteiger partial charge on any atom is 0.221 e. The van der Waals surface area contributed by atoms with Gasteiger partial charge in [0, 0.05) is 50.1 Å². The number of carbonyl (C=O) groups excluding carboxylic acids is 1. The molecule has 0 bridgehead atoms. The van der Waals surface area contributed by atoms with E-state index in [1.807, 2.05) is 11.8 Å². The van der Waals surface area contributed by atoms with E-state index in [4.69, 9.17) is 4.74 Å². The van der Waals surface area contributed by atoms with E-state index in [0.717, 1.165) is 63.9 Å². The lowest BCUT2D eigenvalue weighted by Crippen LogP contribution is -2.42. The van der Waals surface area contributed by atoms with Crippen molar-refractivity contribution in [2.24, 2.45) is 0 Å². The average Bonchev–Trinajstić information content (AvgIpc) is 2.46. The molecule has 2 rings (SSSR count). The molecule has 0 aromatic rings. The van der Waals surface area contributed by atoms with E-state index in [0.29, 0.717) is 12.5 Å². The SMILES string of the molecule is Cl.Cl.O=C(CC1CSCCN1)NCCCN1CCOCC1. The Bertz CT molecular complexity index is 276. The lowest BCUT2D eigenvalue weighted by atomic mass is 10.2. The van der Waals surface area contributed by atoms with Crippen LogP contribution in [0.1, 0.15) is 12.8 Å². The van der Waals surface area contributed by atoms with Crippen LogP contribution in [-0.4, -0.2) is 74.3 Å². The second kappa shape index (κ2) is 12.8. The number of nitrogens with zero attached hydrogens (tertiary/aromatic N) is 1. The molecule has 0 aromatic heterocycles. The number of thioether (sulfide) groups is 1. The summed E-state index contributed by atoms with van der Waals surface area (Å²) in [5.41, 5.74) is 0. The van der Waals surface area contributed by atoms with Crippen molar-refractivity contribution in [3.8, 4) is 0 Å². The fourth-order valence-electron chi connectivity index (χ4n) is 2.40. The maximum absolute atomic E-state index is 11.8. The van der Waals surface area contributed by atoms with Gasteiger partial charge in [0.2, 0.25) is 5.91 Å². The molecule has 0 aromatic carbocycles.